The standard InChI is InChI=1S/C4H2Cl3F5O/c5-1(3(6,7)9)13-2(8)4(10,11)12/h1-2H. The van der Waals surface area contributed by atoms with Crippen LogP contribution in [0.25, 0.3) is 0 Å². The Kier molecular flexibility index (Phi) is 4.49. The van der Waals surface area contributed by atoms with Crippen molar-refractivity contribution in [2.75, 3.05) is 0 Å². The lowest BCUT2D eigenvalue weighted by atomic mass is 10.6. The van der Waals surface area contributed by atoms with E-state index in [-0.39, 0.29) is 0 Å². The topological polar surface area (TPSA) is 9.23 Å². The fraction of sp³-hybridized carbons (Fsp3) is 1.00. The summed E-state index contributed by atoms with van der Waals surface area (Å²) >= 11 is 13.9. The smallest absolute Gasteiger partial charge is 0.315 e. The van der Waals surface area contributed by atoms with Gasteiger partial charge in [-0.05, 0) is 0 Å². The van der Waals surface area contributed by atoms with Gasteiger partial charge < -0.3 is 4.74 Å². The maximum atomic E-state index is 12.3. The molecule has 0 saturated carbocycles. The molecule has 0 aliphatic carbocycles. The van der Waals surface area contributed by atoms with Gasteiger partial charge in [0.2, 0.25) is 0 Å². The van der Waals surface area contributed by atoms with Crippen LogP contribution in [0.1, 0.15) is 0 Å². The first kappa shape index (κ1) is 13.5. The second-order valence-electron chi connectivity index (χ2n) is 1.85. The Balaban J connectivity index is 4.15. The molecule has 0 N–H and O–H groups in total. The third kappa shape index (κ3) is 5.05. The zero-order valence-electron chi connectivity index (χ0n) is 5.59. The van der Waals surface area contributed by atoms with E-state index >= 15 is 0 Å². The van der Waals surface area contributed by atoms with Crippen molar-refractivity contribution in [2.45, 2.75) is 22.7 Å². The number of hydrogen-bond acceptors (Lipinski definition) is 1. The molecule has 0 amide bonds. The molecule has 2 unspecified atom stereocenters. The quantitative estimate of drug-likeness (QED) is 0.561. The zero-order chi connectivity index (χ0) is 10.9. The summed E-state index contributed by atoms with van der Waals surface area (Å²) in [4.78, 5) is 0. The Labute approximate surface area is 84.7 Å². The third-order valence-electron chi connectivity index (χ3n) is 0.754. The summed E-state index contributed by atoms with van der Waals surface area (Å²) in [5.74, 6) is 0. The predicted molar refractivity (Wildman–Crippen MR) is 37.2 cm³/mol. The van der Waals surface area contributed by atoms with Crippen LogP contribution in [-0.2, 0) is 4.74 Å². The second-order valence-corrected chi connectivity index (χ2v) is 3.54. The van der Waals surface area contributed by atoms with Crippen LogP contribution < -0.4 is 0 Å². The molecule has 0 saturated heterocycles. The van der Waals surface area contributed by atoms with Gasteiger partial charge in [0.1, 0.15) is 0 Å². The predicted octanol–water partition coefficient (Wildman–Crippen LogP) is 3.53. The first-order chi connectivity index (χ1) is 5.55. The number of hydrogen-bond donors (Lipinski definition) is 0. The first-order valence-electron chi connectivity index (χ1n) is 2.62. The van der Waals surface area contributed by atoms with Crippen LogP contribution in [-0.4, -0.2) is 22.7 Å². The van der Waals surface area contributed by atoms with Crippen LogP contribution in [0.5, 0.6) is 0 Å². The highest BCUT2D eigenvalue weighted by atomic mass is 35.5. The number of ether oxygens (including phenoxy) is 1. The van der Waals surface area contributed by atoms with Crippen molar-refractivity contribution in [2.24, 2.45) is 0 Å². The third-order valence-corrected chi connectivity index (χ3v) is 1.78. The Morgan fingerprint density at radius 2 is 1.46 bits per heavy atom. The van der Waals surface area contributed by atoms with Crippen LogP contribution >= 0.6 is 34.8 Å². The largest absolute Gasteiger partial charge is 0.445 e. The Morgan fingerprint density at radius 3 is 1.69 bits per heavy atom. The zero-order valence-corrected chi connectivity index (χ0v) is 7.85. The molecule has 0 aliphatic heterocycles. The normalized spacial score (nSPS) is 18.5. The van der Waals surface area contributed by atoms with Crippen LogP contribution in [0.15, 0.2) is 0 Å². The first-order valence-corrected chi connectivity index (χ1v) is 3.81. The van der Waals surface area contributed by atoms with Crippen molar-refractivity contribution in [3.8, 4) is 0 Å². The summed E-state index contributed by atoms with van der Waals surface area (Å²) in [5, 5.41) is 0. The number of halogens is 8. The lowest BCUT2D eigenvalue weighted by Crippen LogP contribution is -2.35. The molecule has 0 rings (SSSR count). The molecule has 0 heterocycles. The van der Waals surface area contributed by atoms with Crippen molar-refractivity contribution in [1.82, 2.24) is 0 Å². The molecule has 13 heavy (non-hydrogen) atoms. The molecule has 0 fully saturated rings. The minimum Gasteiger partial charge on any atom is -0.315 e. The van der Waals surface area contributed by atoms with Gasteiger partial charge in [-0.1, -0.05) is 34.8 Å². The van der Waals surface area contributed by atoms with Crippen LogP contribution in [0.3, 0.4) is 0 Å². The summed E-state index contributed by atoms with van der Waals surface area (Å²) in [6, 6.07) is 0. The maximum Gasteiger partial charge on any atom is 0.445 e. The molecular weight excluding hydrogens is 265 g/mol. The lowest BCUT2D eigenvalue weighted by Gasteiger charge is -2.20. The van der Waals surface area contributed by atoms with E-state index < -0.39 is 22.7 Å². The Bertz CT molecular complexity index is 148. The van der Waals surface area contributed by atoms with Gasteiger partial charge in [-0.2, -0.15) is 13.2 Å². The van der Waals surface area contributed by atoms with E-state index in [9.17, 15) is 22.0 Å². The molecule has 1 nitrogen and oxygen atoms in total. The van der Waals surface area contributed by atoms with Crippen molar-refractivity contribution >= 4 is 34.8 Å². The minimum absolute atomic E-state index is 2.45. The fourth-order valence-corrected chi connectivity index (χ4v) is 0.452. The van der Waals surface area contributed by atoms with E-state index in [0.717, 1.165) is 0 Å². The van der Waals surface area contributed by atoms with Crippen LogP contribution in [0.2, 0.25) is 0 Å². The van der Waals surface area contributed by atoms with Gasteiger partial charge >= 0.3 is 6.18 Å². The summed E-state index contributed by atoms with van der Waals surface area (Å²) in [7, 11) is 0. The van der Waals surface area contributed by atoms with Gasteiger partial charge in [0, 0.05) is 0 Å². The van der Waals surface area contributed by atoms with Crippen molar-refractivity contribution < 1.29 is 26.7 Å². The van der Waals surface area contributed by atoms with Crippen LogP contribution in [0.4, 0.5) is 22.0 Å². The molecule has 0 bridgehead atoms. The van der Waals surface area contributed by atoms with E-state index in [1.54, 1.807) is 0 Å². The molecule has 0 aromatic heterocycles. The van der Waals surface area contributed by atoms with Crippen molar-refractivity contribution in [3.05, 3.63) is 0 Å². The van der Waals surface area contributed by atoms with Crippen molar-refractivity contribution in [3.63, 3.8) is 0 Å². The lowest BCUT2D eigenvalue weighted by molar-refractivity contribution is -0.272. The molecule has 80 valence electrons. The summed E-state index contributed by atoms with van der Waals surface area (Å²) in [5.41, 5.74) is -2.45. The average molecular weight is 267 g/mol. The average Bonchev–Trinajstić information content (AvgIpc) is 1.82. The van der Waals surface area contributed by atoms with Gasteiger partial charge in [-0.25, -0.2) is 8.78 Å². The molecule has 0 radical (unpaired) electrons. The Hall–Kier alpha value is 0.480. The highest BCUT2D eigenvalue weighted by molar-refractivity contribution is 6.50. The summed E-state index contributed by atoms with van der Waals surface area (Å²) in [6.07, 6.45) is -9.03. The van der Waals surface area contributed by atoms with Gasteiger partial charge in [-0.3, -0.25) is 0 Å². The monoisotopic (exact) mass is 266 g/mol. The van der Waals surface area contributed by atoms with E-state index in [2.05, 4.69) is 27.9 Å². The fourth-order valence-electron chi connectivity index (χ4n) is 0.259. The number of alkyl halides is 8. The van der Waals surface area contributed by atoms with Gasteiger partial charge in [0.25, 0.3) is 10.9 Å². The molecule has 0 aromatic rings. The highest BCUT2D eigenvalue weighted by Crippen LogP contribution is 2.35. The molecule has 0 aliphatic rings. The van der Waals surface area contributed by atoms with Crippen molar-refractivity contribution in [1.29, 1.82) is 0 Å². The van der Waals surface area contributed by atoms with Gasteiger partial charge in [0.05, 0.1) is 0 Å². The molecule has 0 aromatic carbocycles. The molecular formula is C4H2Cl3F5O. The van der Waals surface area contributed by atoms with Gasteiger partial charge in [-0.15, -0.1) is 0 Å². The maximum absolute atomic E-state index is 12.3. The van der Waals surface area contributed by atoms with E-state index in [0.29, 0.717) is 0 Å². The summed E-state index contributed by atoms with van der Waals surface area (Å²) in [6.45, 7) is 0. The molecule has 9 heteroatoms. The van der Waals surface area contributed by atoms with Gasteiger partial charge in [0.15, 0.2) is 5.56 Å². The summed E-state index contributed by atoms with van der Waals surface area (Å²) < 4.78 is 58.6. The van der Waals surface area contributed by atoms with E-state index in [1.807, 2.05) is 0 Å². The van der Waals surface area contributed by atoms with Crippen LogP contribution in [0, 0.1) is 0 Å². The Morgan fingerprint density at radius 1 is 1.08 bits per heavy atom. The molecule has 2 atom stereocenters. The SMILES string of the molecule is FC(OC(Cl)C(F)(Cl)Cl)C(F)(F)F. The minimum atomic E-state index is -5.30. The number of rotatable bonds is 3. The van der Waals surface area contributed by atoms with E-state index in [1.165, 1.54) is 0 Å². The highest BCUT2D eigenvalue weighted by Gasteiger charge is 2.46. The second kappa shape index (κ2) is 4.33. The van der Waals surface area contributed by atoms with E-state index in [4.69, 9.17) is 11.6 Å². The molecule has 0 spiro atoms.